The lowest BCUT2D eigenvalue weighted by molar-refractivity contribution is -0.0884. The first kappa shape index (κ1) is 12.0. The Morgan fingerprint density at radius 2 is 2.41 bits per heavy atom. The number of ether oxygens (including phenoxy) is 1. The van der Waals surface area contributed by atoms with Gasteiger partial charge in [-0.3, -0.25) is 14.3 Å². The summed E-state index contributed by atoms with van der Waals surface area (Å²) in [6, 6.07) is 0. The van der Waals surface area contributed by atoms with Gasteiger partial charge >= 0.3 is 5.69 Å². The summed E-state index contributed by atoms with van der Waals surface area (Å²) in [6.07, 6.45) is 1.20. The van der Waals surface area contributed by atoms with Gasteiger partial charge in [0.25, 0.3) is 5.56 Å². The number of halogens is 1. The Morgan fingerprint density at radius 3 is 3.00 bits per heavy atom. The highest BCUT2D eigenvalue weighted by atomic mass is 19.1. The van der Waals surface area contributed by atoms with Crippen LogP contribution in [0.25, 0.3) is 0 Å². The zero-order valence-corrected chi connectivity index (χ0v) is 9.27. The maximum absolute atomic E-state index is 13.1. The molecule has 7 heteroatoms. The summed E-state index contributed by atoms with van der Waals surface area (Å²) in [5.74, 6) is -1.04. The summed E-state index contributed by atoms with van der Waals surface area (Å²) in [4.78, 5) is 24.2. The molecule has 0 radical (unpaired) electrons. The summed E-state index contributed by atoms with van der Waals surface area (Å²) in [5, 5.41) is 9.11. The summed E-state index contributed by atoms with van der Waals surface area (Å²) >= 11 is 0. The molecule has 2 heterocycles. The second-order valence-electron chi connectivity index (χ2n) is 4.36. The maximum atomic E-state index is 13.1. The van der Waals surface area contributed by atoms with Gasteiger partial charge in [0, 0.05) is 0 Å². The van der Waals surface area contributed by atoms with Crippen LogP contribution in [0.15, 0.2) is 15.8 Å². The number of aromatic amines is 1. The van der Waals surface area contributed by atoms with E-state index in [1.165, 1.54) is 0 Å². The fraction of sp³-hybridized carbons (Fsp3) is 0.600. The highest BCUT2D eigenvalue weighted by molar-refractivity contribution is 4.91. The summed E-state index contributed by atoms with van der Waals surface area (Å²) in [5.41, 5.74) is -2.49. The monoisotopic (exact) mass is 244 g/mol. The molecule has 1 fully saturated rings. The molecule has 1 aromatic heterocycles. The molecule has 2 N–H and O–H groups in total. The second-order valence-corrected chi connectivity index (χ2v) is 4.36. The van der Waals surface area contributed by atoms with Crippen LogP contribution in [0.3, 0.4) is 0 Å². The van der Waals surface area contributed by atoms with Crippen LogP contribution in [-0.4, -0.2) is 26.9 Å². The Kier molecular flexibility index (Phi) is 2.88. The van der Waals surface area contributed by atoms with Gasteiger partial charge in [0.2, 0.25) is 5.82 Å². The maximum Gasteiger partial charge on any atom is 0.330 e. The van der Waals surface area contributed by atoms with Crippen molar-refractivity contribution in [1.29, 1.82) is 0 Å². The van der Waals surface area contributed by atoms with Gasteiger partial charge in [0.05, 0.1) is 18.4 Å². The molecule has 1 saturated heterocycles. The molecule has 0 amide bonds. The molecule has 0 spiro atoms. The predicted molar refractivity (Wildman–Crippen MR) is 56.1 cm³/mol. The van der Waals surface area contributed by atoms with Crippen LogP contribution >= 0.6 is 0 Å². The fourth-order valence-corrected chi connectivity index (χ4v) is 1.86. The SMILES string of the molecule is C[C@@]1(CO)CC[C@H](n2cc(F)c(=O)[nH]c2=O)O1. The molecule has 94 valence electrons. The second kappa shape index (κ2) is 4.08. The van der Waals surface area contributed by atoms with Crippen LogP contribution in [0.1, 0.15) is 26.0 Å². The zero-order chi connectivity index (χ0) is 12.6. The predicted octanol–water partition coefficient (Wildman–Crippen LogP) is -0.264. The Labute approximate surface area is 95.7 Å². The number of nitrogens with zero attached hydrogens (tertiary/aromatic N) is 1. The number of aliphatic hydroxyl groups excluding tert-OH is 1. The smallest absolute Gasteiger partial charge is 0.330 e. The van der Waals surface area contributed by atoms with Crippen molar-refractivity contribution in [3.05, 3.63) is 32.9 Å². The molecule has 0 bridgehead atoms. The average molecular weight is 244 g/mol. The largest absolute Gasteiger partial charge is 0.393 e. The van der Waals surface area contributed by atoms with E-state index < -0.39 is 28.9 Å². The van der Waals surface area contributed by atoms with Crippen LogP contribution in [0, 0.1) is 5.82 Å². The molecule has 0 unspecified atom stereocenters. The summed E-state index contributed by atoms with van der Waals surface area (Å²) < 4.78 is 19.6. The average Bonchev–Trinajstić information content (AvgIpc) is 2.67. The van der Waals surface area contributed by atoms with Crippen molar-refractivity contribution < 1.29 is 14.2 Å². The van der Waals surface area contributed by atoms with E-state index in [-0.39, 0.29) is 6.61 Å². The first-order valence-electron chi connectivity index (χ1n) is 5.25. The van der Waals surface area contributed by atoms with Gasteiger partial charge in [-0.1, -0.05) is 0 Å². The molecule has 6 nitrogen and oxygen atoms in total. The fourth-order valence-electron chi connectivity index (χ4n) is 1.86. The molecule has 17 heavy (non-hydrogen) atoms. The lowest BCUT2D eigenvalue weighted by Gasteiger charge is -2.22. The topological polar surface area (TPSA) is 84.3 Å². The van der Waals surface area contributed by atoms with E-state index in [1.807, 2.05) is 4.98 Å². The highest BCUT2D eigenvalue weighted by Crippen LogP contribution is 2.34. The van der Waals surface area contributed by atoms with E-state index in [2.05, 4.69) is 0 Å². The van der Waals surface area contributed by atoms with Crippen molar-refractivity contribution in [1.82, 2.24) is 9.55 Å². The first-order valence-corrected chi connectivity index (χ1v) is 5.25. The zero-order valence-electron chi connectivity index (χ0n) is 9.27. The van der Waals surface area contributed by atoms with E-state index in [0.717, 1.165) is 10.8 Å². The summed E-state index contributed by atoms with van der Waals surface area (Å²) in [6.45, 7) is 1.53. The van der Waals surface area contributed by atoms with Crippen molar-refractivity contribution in [3.8, 4) is 0 Å². The normalized spacial score (nSPS) is 28.5. The molecule has 0 aliphatic carbocycles. The van der Waals surface area contributed by atoms with E-state index in [4.69, 9.17) is 9.84 Å². The number of H-pyrrole nitrogens is 1. The van der Waals surface area contributed by atoms with Gasteiger partial charge in [-0.2, -0.15) is 4.39 Å². The Hall–Kier alpha value is -1.47. The number of hydrogen-bond acceptors (Lipinski definition) is 4. The van der Waals surface area contributed by atoms with Crippen molar-refractivity contribution in [3.63, 3.8) is 0 Å². The van der Waals surface area contributed by atoms with Crippen molar-refractivity contribution in [2.75, 3.05) is 6.61 Å². The lowest BCUT2D eigenvalue weighted by atomic mass is 10.0. The third-order valence-electron chi connectivity index (χ3n) is 2.91. The number of rotatable bonds is 2. The number of aromatic nitrogens is 2. The Balaban J connectivity index is 2.34. The van der Waals surface area contributed by atoms with Gasteiger partial charge in [-0.05, 0) is 19.8 Å². The highest BCUT2D eigenvalue weighted by Gasteiger charge is 2.36. The van der Waals surface area contributed by atoms with Gasteiger partial charge in [0.15, 0.2) is 0 Å². The number of nitrogens with one attached hydrogen (secondary N) is 1. The van der Waals surface area contributed by atoms with Gasteiger partial charge in [0.1, 0.15) is 6.23 Å². The van der Waals surface area contributed by atoms with E-state index in [0.29, 0.717) is 12.8 Å². The molecule has 0 aromatic carbocycles. The van der Waals surface area contributed by atoms with Gasteiger partial charge < -0.3 is 9.84 Å². The van der Waals surface area contributed by atoms with Crippen LogP contribution in [0.2, 0.25) is 0 Å². The minimum absolute atomic E-state index is 0.177. The molecular formula is C10H13FN2O4. The first-order chi connectivity index (χ1) is 7.95. The molecular weight excluding hydrogens is 231 g/mol. The van der Waals surface area contributed by atoms with E-state index in [9.17, 15) is 14.0 Å². The van der Waals surface area contributed by atoms with Crippen molar-refractivity contribution in [2.45, 2.75) is 31.6 Å². The standard InChI is InChI=1S/C10H13FN2O4/c1-10(5-14)3-2-7(17-10)13-4-6(11)8(15)12-9(13)16/h4,7,14H,2-3,5H2,1H3,(H,12,15,16)/t7-,10+/m1/s1. The van der Waals surface area contributed by atoms with Gasteiger partial charge in [-0.15, -0.1) is 0 Å². The molecule has 0 saturated carbocycles. The van der Waals surface area contributed by atoms with Crippen LogP contribution in [-0.2, 0) is 4.74 Å². The quantitative estimate of drug-likeness (QED) is 0.750. The van der Waals surface area contributed by atoms with Crippen LogP contribution < -0.4 is 11.2 Å². The minimum Gasteiger partial charge on any atom is -0.393 e. The molecule has 2 atom stereocenters. The van der Waals surface area contributed by atoms with Crippen LogP contribution in [0.4, 0.5) is 4.39 Å². The lowest BCUT2D eigenvalue weighted by Crippen LogP contribution is -2.35. The summed E-state index contributed by atoms with van der Waals surface area (Å²) in [7, 11) is 0. The Morgan fingerprint density at radius 1 is 1.71 bits per heavy atom. The Bertz CT molecular complexity index is 538. The van der Waals surface area contributed by atoms with Crippen LogP contribution in [0.5, 0.6) is 0 Å². The number of aliphatic hydroxyl groups is 1. The molecule has 1 aliphatic rings. The number of hydrogen-bond donors (Lipinski definition) is 2. The van der Waals surface area contributed by atoms with Crippen molar-refractivity contribution in [2.24, 2.45) is 0 Å². The van der Waals surface area contributed by atoms with Gasteiger partial charge in [-0.25, -0.2) is 4.79 Å². The van der Waals surface area contributed by atoms with E-state index >= 15 is 0 Å². The molecule has 1 aliphatic heterocycles. The molecule has 1 aromatic rings. The minimum atomic E-state index is -1.05. The van der Waals surface area contributed by atoms with E-state index in [1.54, 1.807) is 6.92 Å². The van der Waals surface area contributed by atoms with Crippen molar-refractivity contribution >= 4 is 0 Å². The molecule has 2 rings (SSSR count). The third-order valence-corrected chi connectivity index (χ3v) is 2.91. The third kappa shape index (κ3) is 2.16.